The summed E-state index contributed by atoms with van der Waals surface area (Å²) in [6.07, 6.45) is 7.70. The third-order valence-corrected chi connectivity index (χ3v) is 4.78. The van der Waals surface area contributed by atoms with Gasteiger partial charge < -0.3 is 10.3 Å². The first-order chi connectivity index (χ1) is 12.1. The Balaban J connectivity index is 0.00000151. The first-order valence-electron chi connectivity index (χ1n) is 9.47. The molecule has 142 valence electrons. The van der Waals surface area contributed by atoms with Crippen LogP contribution in [0.25, 0.3) is 11.0 Å². The Labute approximate surface area is 157 Å². The molecule has 2 heterocycles. The minimum atomic E-state index is 0.559. The third-order valence-electron chi connectivity index (χ3n) is 4.28. The van der Waals surface area contributed by atoms with Crippen molar-refractivity contribution in [3.63, 3.8) is 0 Å². The van der Waals surface area contributed by atoms with Gasteiger partial charge in [-0.15, -0.1) is 0 Å². The lowest BCUT2D eigenvalue weighted by Crippen LogP contribution is -2.09. The lowest BCUT2D eigenvalue weighted by molar-refractivity contribution is 0.587. The summed E-state index contributed by atoms with van der Waals surface area (Å²) in [6, 6.07) is 0. The predicted octanol–water partition coefficient (Wildman–Crippen LogP) is 4.65. The summed E-state index contributed by atoms with van der Waals surface area (Å²) in [4.78, 5) is 9.27. The maximum atomic E-state index is 6.13. The maximum Gasteiger partial charge on any atom is 0.151 e. The molecule has 0 atom stereocenters. The summed E-state index contributed by atoms with van der Waals surface area (Å²) < 4.78 is 5.69. The number of nitrogens with zero attached hydrogens (tertiary/aromatic N) is 3. The fourth-order valence-corrected chi connectivity index (χ4v) is 3.23. The number of aromatic nitrogens is 3. The second-order valence-corrected chi connectivity index (χ2v) is 6.69. The number of aryl methyl sites for hydroxylation is 4. The van der Waals surface area contributed by atoms with E-state index in [1.54, 1.807) is 11.9 Å². The number of pyridine rings is 1. The van der Waals surface area contributed by atoms with Crippen LogP contribution in [0.5, 0.6) is 0 Å². The molecule has 0 aliphatic heterocycles. The molecule has 0 spiro atoms. The van der Waals surface area contributed by atoms with Crippen molar-refractivity contribution in [2.24, 2.45) is 0 Å². The molecule has 0 fully saturated rings. The highest BCUT2D eigenvalue weighted by Crippen LogP contribution is 2.27. The Hall–Kier alpha value is -1.27. The van der Waals surface area contributed by atoms with Gasteiger partial charge in [0.2, 0.25) is 0 Å². The zero-order valence-corrected chi connectivity index (χ0v) is 17.6. The lowest BCUT2D eigenvalue weighted by atomic mass is 10.2. The number of hydrogen-bond acceptors (Lipinski definition) is 5. The van der Waals surface area contributed by atoms with Gasteiger partial charge in [0.15, 0.2) is 5.82 Å². The topological polar surface area (TPSA) is 68.8 Å². The molecule has 2 aromatic heterocycles. The van der Waals surface area contributed by atoms with E-state index >= 15 is 0 Å². The van der Waals surface area contributed by atoms with E-state index < -0.39 is 0 Å². The van der Waals surface area contributed by atoms with E-state index in [1.165, 1.54) is 17.5 Å². The van der Waals surface area contributed by atoms with E-state index in [-0.39, 0.29) is 0 Å². The van der Waals surface area contributed by atoms with Crippen LogP contribution in [0.2, 0.25) is 0 Å². The van der Waals surface area contributed by atoms with E-state index in [2.05, 4.69) is 34.4 Å². The standard InChI is InChI=1S/C17H29N5S.C2H6/c1-5-6-9-14-21-15-16(12(2)13(3)20-17(15)18)22(14)11-8-7-10-19-23-4;1-2/h19H,5-11H2,1-4H3,(H2,18,20);1-2H3. The molecule has 0 saturated heterocycles. The lowest BCUT2D eigenvalue weighted by Gasteiger charge is -2.12. The van der Waals surface area contributed by atoms with E-state index in [1.807, 2.05) is 20.8 Å². The van der Waals surface area contributed by atoms with E-state index in [0.717, 1.165) is 55.8 Å². The Morgan fingerprint density at radius 1 is 1.12 bits per heavy atom. The second kappa shape index (κ2) is 11.4. The molecule has 6 heteroatoms. The summed E-state index contributed by atoms with van der Waals surface area (Å²) in [6.45, 7) is 12.4. The van der Waals surface area contributed by atoms with Gasteiger partial charge in [-0.2, -0.15) is 0 Å². The Morgan fingerprint density at radius 3 is 2.48 bits per heavy atom. The van der Waals surface area contributed by atoms with Crippen LogP contribution < -0.4 is 10.5 Å². The average molecular weight is 366 g/mol. The van der Waals surface area contributed by atoms with Crippen molar-refractivity contribution >= 4 is 28.8 Å². The summed E-state index contributed by atoms with van der Waals surface area (Å²) in [7, 11) is 0. The first kappa shape index (κ1) is 21.8. The molecular formula is C19H35N5S. The SMILES string of the molecule is CC.CCCCc1nc2c(N)nc(C)c(C)c2n1CCCCNSC. The van der Waals surface area contributed by atoms with Gasteiger partial charge in [0.25, 0.3) is 0 Å². The highest BCUT2D eigenvalue weighted by Gasteiger charge is 2.17. The molecule has 0 amide bonds. The monoisotopic (exact) mass is 365 g/mol. The van der Waals surface area contributed by atoms with Crippen LogP contribution in [-0.2, 0) is 13.0 Å². The van der Waals surface area contributed by atoms with Crippen LogP contribution in [0.3, 0.4) is 0 Å². The van der Waals surface area contributed by atoms with E-state index in [4.69, 9.17) is 10.7 Å². The fraction of sp³-hybridized carbons (Fsp3) is 0.684. The van der Waals surface area contributed by atoms with Crippen LogP contribution in [0.15, 0.2) is 0 Å². The van der Waals surface area contributed by atoms with E-state index in [9.17, 15) is 0 Å². The van der Waals surface area contributed by atoms with Crippen LogP contribution in [0, 0.1) is 13.8 Å². The van der Waals surface area contributed by atoms with Gasteiger partial charge in [-0.3, -0.25) is 4.72 Å². The van der Waals surface area contributed by atoms with Gasteiger partial charge in [0, 0.05) is 25.2 Å². The largest absolute Gasteiger partial charge is 0.382 e. The van der Waals surface area contributed by atoms with Crippen LogP contribution in [0.1, 0.15) is 63.5 Å². The molecule has 0 aromatic carbocycles. The molecule has 0 bridgehead atoms. The highest BCUT2D eigenvalue weighted by atomic mass is 32.2. The Kier molecular flexibility index (Phi) is 9.90. The number of nitrogens with one attached hydrogen (secondary N) is 1. The zero-order valence-electron chi connectivity index (χ0n) is 16.8. The number of unbranched alkanes of at least 4 members (excludes halogenated alkanes) is 2. The molecule has 0 saturated carbocycles. The molecule has 3 N–H and O–H groups in total. The minimum Gasteiger partial charge on any atom is -0.382 e. The van der Waals surface area contributed by atoms with Crippen molar-refractivity contribution in [2.45, 2.75) is 73.3 Å². The molecule has 5 nitrogen and oxygen atoms in total. The fourth-order valence-electron chi connectivity index (χ4n) is 2.88. The van der Waals surface area contributed by atoms with Crippen molar-refractivity contribution in [2.75, 3.05) is 18.5 Å². The number of imidazole rings is 1. The van der Waals surface area contributed by atoms with Gasteiger partial charge in [0.05, 0.1) is 5.52 Å². The number of hydrogen-bond donors (Lipinski definition) is 2. The summed E-state index contributed by atoms with van der Waals surface area (Å²) in [5.74, 6) is 1.71. The highest BCUT2D eigenvalue weighted by molar-refractivity contribution is 7.96. The van der Waals surface area contributed by atoms with Gasteiger partial charge in [-0.05, 0) is 44.9 Å². The average Bonchev–Trinajstić information content (AvgIpc) is 2.99. The summed E-state index contributed by atoms with van der Waals surface area (Å²) >= 11 is 1.68. The van der Waals surface area contributed by atoms with Crippen LogP contribution in [-0.4, -0.2) is 27.3 Å². The normalized spacial score (nSPS) is 10.8. The molecule has 25 heavy (non-hydrogen) atoms. The molecule has 2 aromatic rings. The van der Waals surface area contributed by atoms with Crippen LogP contribution in [0.4, 0.5) is 5.82 Å². The number of rotatable bonds is 9. The van der Waals surface area contributed by atoms with Crippen molar-refractivity contribution in [3.05, 3.63) is 17.1 Å². The van der Waals surface area contributed by atoms with Crippen molar-refractivity contribution in [1.82, 2.24) is 19.3 Å². The quantitative estimate of drug-likeness (QED) is 0.500. The van der Waals surface area contributed by atoms with Crippen molar-refractivity contribution < 1.29 is 0 Å². The first-order valence-corrected chi connectivity index (χ1v) is 10.7. The molecule has 0 aliphatic rings. The van der Waals surface area contributed by atoms with Crippen molar-refractivity contribution in [1.29, 1.82) is 0 Å². The van der Waals surface area contributed by atoms with Gasteiger partial charge in [0.1, 0.15) is 11.3 Å². The minimum absolute atomic E-state index is 0.559. The summed E-state index contributed by atoms with van der Waals surface area (Å²) in [5.41, 5.74) is 10.4. The van der Waals surface area contributed by atoms with Gasteiger partial charge in [-0.25, -0.2) is 9.97 Å². The number of fused-ring (bicyclic) bond motifs is 1. The second-order valence-electron chi connectivity index (χ2n) is 5.99. The van der Waals surface area contributed by atoms with Gasteiger partial charge in [-0.1, -0.05) is 39.1 Å². The Morgan fingerprint density at radius 2 is 1.84 bits per heavy atom. The number of nitrogens with two attached hydrogens (primary N) is 1. The Bertz CT molecular complexity index is 651. The van der Waals surface area contributed by atoms with Crippen LogP contribution >= 0.6 is 11.9 Å². The molecule has 0 aliphatic carbocycles. The molecule has 0 unspecified atom stereocenters. The molecule has 0 radical (unpaired) electrons. The van der Waals surface area contributed by atoms with Gasteiger partial charge >= 0.3 is 0 Å². The van der Waals surface area contributed by atoms with E-state index in [0.29, 0.717) is 5.82 Å². The maximum absolute atomic E-state index is 6.13. The zero-order chi connectivity index (χ0) is 18.8. The third kappa shape index (κ3) is 5.61. The molecular weight excluding hydrogens is 330 g/mol. The number of nitrogen functional groups attached to an aromatic ring is 1. The smallest absolute Gasteiger partial charge is 0.151 e. The van der Waals surface area contributed by atoms with Crippen molar-refractivity contribution in [3.8, 4) is 0 Å². The molecule has 2 rings (SSSR count). The number of anilines is 1. The summed E-state index contributed by atoms with van der Waals surface area (Å²) in [5, 5.41) is 0. The predicted molar refractivity (Wildman–Crippen MR) is 112 cm³/mol.